The van der Waals surface area contributed by atoms with Gasteiger partial charge in [-0.1, -0.05) is 23.8 Å². The van der Waals surface area contributed by atoms with E-state index < -0.39 is 6.67 Å². The summed E-state index contributed by atoms with van der Waals surface area (Å²) in [5, 5.41) is 1.17. The standard InChI is InChI=1S/C19H19FOS/c1-13-3-4-14(2)15(9-13)11-18-12-16-10-17(21-8-7-20)5-6-19(16)22-18/h3-6,9-10,12H,7-8,11H2,1-2H3. The zero-order valence-corrected chi connectivity index (χ0v) is 13.7. The van der Waals surface area contributed by atoms with Crippen molar-refractivity contribution < 1.29 is 9.13 Å². The number of fused-ring (bicyclic) bond motifs is 1. The highest BCUT2D eigenvalue weighted by Crippen LogP contribution is 2.31. The number of thiophene rings is 1. The van der Waals surface area contributed by atoms with E-state index in [1.54, 1.807) is 0 Å². The van der Waals surface area contributed by atoms with Crippen molar-refractivity contribution in [1.29, 1.82) is 0 Å². The topological polar surface area (TPSA) is 9.23 Å². The molecule has 1 nitrogen and oxygen atoms in total. The lowest BCUT2D eigenvalue weighted by molar-refractivity contribution is 0.273. The molecule has 1 aromatic heterocycles. The molecule has 0 saturated heterocycles. The molecule has 0 N–H and O–H groups in total. The van der Waals surface area contributed by atoms with E-state index in [0.717, 1.165) is 12.2 Å². The second-order valence-corrected chi connectivity index (χ2v) is 6.72. The third-order valence-corrected chi connectivity index (χ3v) is 4.87. The first kappa shape index (κ1) is 15.0. The Balaban J connectivity index is 1.86. The smallest absolute Gasteiger partial charge is 0.123 e. The summed E-state index contributed by atoms with van der Waals surface area (Å²) in [6.45, 7) is 3.94. The lowest BCUT2D eigenvalue weighted by atomic mass is 10.0. The number of aryl methyl sites for hydroxylation is 2. The fraction of sp³-hybridized carbons (Fsp3) is 0.263. The molecule has 0 atom stereocenters. The number of benzene rings is 2. The van der Waals surface area contributed by atoms with E-state index in [1.165, 1.54) is 31.7 Å². The number of alkyl halides is 1. The van der Waals surface area contributed by atoms with Crippen molar-refractivity contribution in [2.45, 2.75) is 20.3 Å². The third-order valence-electron chi connectivity index (χ3n) is 3.75. The summed E-state index contributed by atoms with van der Waals surface area (Å²) in [4.78, 5) is 1.34. The third kappa shape index (κ3) is 3.30. The first-order valence-electron chi connectivity index (χ1n) is 7.43. The molecule has 0 aliphatic rings. The molecule has 0 amide bonds. The zero-order chi connectivity index (χ0) is 15.5. The molecule has 0 radical (unpaired) electrons. The van der Waals surface area contributed by atoms with Gasteiger partial charge in [0.15, 0.2) is 0 Å². The molecule has 0 spiro atoms. The Hall–Kier alpha value is -1.87. The largest absolute Gasteiger partial charge is 0.491 e. The van der Waals surface area contributed by atoms with E-state index >= 15 is 0 Å². The van der Waals surface area contributed by atoms with Gasteiger partial charge >= 0.3 is 0 Å². The molecule has 0 aliphatic carbocycles. The van der Waals surface area contributed by atoms with Crippen molar-refractivity contribution in [2.24, 2.45) is 0 Å². The van der Waals surface area contributed by atoms with Crippen LogP contribution in [-0.2, 0) is 6.42 Å². The average molecular weight is 314 g/mol. The van der Waals surface area contributed by atoms with Gasteiger partial charge in [0.2, 0.25) is 0 Å². The number of halogens is 1. The van der Waals surface area contributed by atoms with Gasteiger partial charge in [0.1, 0.15) is 19.0 Å². The predicted molar refractivity (Wildman–Crippen MR) is 92.0 cm³/mol. The number of ether oxygens (including phenoxy) is 1. The molecule has 3 heteroatoms. The molecule has 0 bridgehead atoms. The van der Waals surface area contributed by atoms with Crippen molar-refractivity contribution in [3.8, 4) is 5.75 Å². The average Bonchev–Trinajstić information content (AvgIpc) is 2.90. The van der Waals surface area contributed by atoms with Gasteiger partial charge < -0.3 is 4.74 Å². The SMILES string of the molecule is Cc1ccc(C)c(Cc2cc3cc(OCCF)ccc3s2)c1. The highest BCUT2D eigenvalue weighted by molar-refractivity contribution is 7.19. The fourth-order valence-electron chi connectivity index (χ4n) is 2.59. The molecule has 3 aromatic rings. The van der Waals surface area contributed by atoms with Gasteiger partial charge in [-0.2, -0.15) is 0 Å². The molecule has 0 aliphatic heterocycles. The van der Waals surface area contributed by atoms with Gasteiger partial charge in [-0.15, -0.1) is 11.3 Å². The van der Waals surface area contributed by atoms with Gasteiger partial charge in [-0.3, -0.25) is 0 Å². The van der Waals surface area contributed by atoms with Gasteiger partial charge in [0.25, 0.3) is 0 Å². The Bertz CT molecular complexity index is 791. The van der Waals surface area contributed by atoms with Crippen LogP contribution >= 0.6 is 11.3 Å². The molecule has 2 aromatic carbocycles. The summed E-state index contributed by atoms with van der Waals surface area (Å²) in [7, 11) is 0. The van der Waals surface area contributed by atoms with E-state index in [2.05, 4.69) is 44.2 Å². The normalized spacial score (nSPS) is 11.0. The minimum absolute atomic E-state index is 0.116. The minimum Gasteiger partial charge on any atom is -0.491 e. The van der Waals surface area contributed by atoms with Gasteiger partial charge in [-0.05, 0) is 54.6 Å². The van der Waals surface area contributed by atoms with Crippen molar-refractivity contribution in [3.05, 3.63) is 64.0 Å². The highest BCUT2D eigenvalue weighted by atomic mass is 32.1. The van der Waals surface area contributed by atoms with Crippen LogP contribution in [0.5, 0.6) is 5.75 Å². The van der Waals surface area contributed by atoms with E-state index in [-0.39, 0.29) is 6.61 Å². The van der Waals surface area contributed by atoms with Crippen LogP contribution < -0.4 is 4.74 Å². The first-order valence-corrected chi connectivity index (χ1v) is 8.25. The van der Waals surface area contributed by atoms with Crippen LogP contribution in [0.25, 0.3) is 10.1 Å². The van der Waals surface area contributed by atoms with Crippen molar-refractivity contribution in [3.63, 3.8) is 0 Å². The van der Waals surface area contributed by atoms with Crippen LogP contribution in [0.2, 0.25) is 0 Å². The van der Waals surface area contributed by atoms with E-state index in [1.807, 2.05) is 23.5 Å². The summed E-state index contributed by atoms with van der Waals surface area (Å²) in [5.41, 5.74) is 4.00. The summed E-state index contributed by atoms with van der Waals surface area (Å²) < 4.78 is 18.8. The predicted octanol–water partition coefficient (Wildman–Crippen LogP) is 5.46. The van der Waals surface area contributed by atoms with Crippen LogP contribution in [0.3, 0.4) is 0 Å². The Morgan fingerprint density at radius 3 is 2.73 bits per heavy atom. The summed E-state index contributed by atoms with van der Waals surface area (Å²) in [6, 6.07) is 14.8. The molecule has 114 valence electrons. The Kier molecular flexibility index (Phi) is 4.44. The van der Waals surface area contributed by atoms with Crippen LogP contribution in [0.1, 0.15) is 21.6 Å². The van der Waals surface area contributed by atoms with Gasteiger partial charge in [0.05, 0.1) is 0 Å². The van der Waals surface area contributed by atoms with Crippen molar-refractivity contribution in [1.82, 2.24) is 0 Å². The summed E-state index contributed by atoms with van der Waals surface area (Å²) >= 11 is 1.81. The summed E-state index contributed by atoms with van der Waals surface area (Å²) in [5.74, 6) is 0.737. The Morgan fingerprint density at radius 1 is 1.05 bits per heavy atom. The Morgan fingerprint density at radius 2 is 1.91 bits per heavy atom. The molecular weight excluding hydrogens is 295 g/mol. The maximum atomic E-state index is 12.2. The fourth-order valence-corrected chi connectivity index (χ4v) is 3.66. The van der Waals surface area contributed by atoms with E-state index in [9.17, 15) is 4.39 Å². The van der Waals surface area contributed by atoms with Gasteiger partial charge in [-0.25, -0.2) is 4.39 Å². The lowest BCUT2D eigenvalue weighted by Gasteiger charge is -2.05. The first-order chi connectivity index (χ1) is 10.7. The molecule has 0 unspecified atom stereocenters. The zero-order valence-electron chi connectivity index (χ0n) is 12.9. The van der Waals surface area contributed by atoms with E-state index in [4.69, 9.17) is 4.74 Å². The number of hydrogen-bond acceptors (Lipinski definition) is 2. The molecular formula is C19H19FOS. The Labute approximate surface area is 134 Å². The minimum atomic E-state index is -0.459. The molecule has 3 rings (SSSR count). The highest BCUT2D eigenvalue weighted by Gasteiger charge is 2.06. The maximum absolute atomic E-state index is 12.2. The number of hydrogen-bond donors (Lipinski definition) is 0. The lowest BCUT2D eigenvalue weighted by Crippen LogP contribution is -1.97. The number of rotatable bonds is 5. The van der Waals surface area contributed by atoms with Crippen LogP contribution in [0, 0.1) is 13.8 Å². The van der Waals surface area contributed by atoms with Crippen LogP contribution in [0.4, 0.5) is 4.39 Å². The monoisotopic (exact) mass is 314 g/mol. The quantitative estimate of drug-likeness (QED) is 0.608. The van der Waals surface area contributed by atoms with Crippen LogP contribution in [0.15, 0.2) is 42.5 Å². The second-order valence-electron chi connectivity index (χ2n) is 5.56. The molecule has 1 heterocycles. The maximum Gasteiger partial charge on any atom is 0.123 e. The van der Waals surface area contributed by atoms with Gasteiger partial charge in [0, 0.05) is 16.0 Å². The molecule has 22 heavy (non-hydrogen) atoms. The molecule has 0 saturated carbocycles. The second kappa shape index (κ2) is 6.49. The molecule has 0 fully saturated rings. The van der Waals surface area contributed by atoms with E-state index in [0.29, 0.717) is 0 Å². The summed E-state index contributed by atoms with van der Waals surface area (Å²) in [6.07, 6.45) is 0.952. The van der Waals surface area contributed by atoms with Crippen molar-refractivity contribution in [2.75, 3.05) is 13.3 Å². The van der Waals surface area contributed by atoms with Crippen molar-refractivity contribution >= 4 is 21.4 Å². The van der Waals surface area contributed by atoms with Crippen LogP contribution in [-0.4, -0.2) is 13.3 Å².